The maximum Gasteiger partial charge on any atom is 0.416 e. The van der Waals surface area contributed by atoms with Crippen LogP contribution in [0.2, 0.25) is 0 Å². The van der Waals surface area contributed by atoms with Gasteiger partial charge in [-0.05, 0) is 54.2 Å². The van der Waals surface area contributed by atoms with Crippen LogP contribution in [0.4, 0.5) is 13.2 Å². The number of hydrogen-bond donors (Lipinski definition) is 1. The van der Waals surface area contributed by atoms with E-state index < -0.39 is 42.6 Å². The zero-order valence-corrected chi connectivity index (χ0v) is 14.2. The molecule has 1 nitrogen and oxygen atoms in total. The molecule has 0 aromatic heterocycles. The number of benzene rings is 3. The quantitative estimate of drug-likeness (QED) is 0.555. The number of halogens is 3. The normalized spacial score (nSPS) is 18.2. The zero-order valence-electron chi connectivity index (χ0n) is 19.2. The summed E-state index contributed by atoms with van der Waals surface area (Å²) in [7, 11) is 0. The van der Waals surface area contributed by atoms with E-state index in [0.717, 1.165) is 29.0 Å². The van der Waals surface area contributed by atoms with Gasteiger partial charge in [0.05, 0.1) is 6.93 Å². The minimum Gasteiger partial charge on any atom is -0.310 e. The first-order valence-corrected chi connectivity index (χ1v) is 8.17. The van der Waals surface area contributed by atoms with Gasteiger partial charge in [-0.1, -0.05) is 60.7 Å². The van der Waals surface area contributed by atoms with E-state index in [4.69, 9.17) is 6.85 Å². The molecule has 0 aliphatic rings. The molecule has 3 aromatic carbocycles. The van der Waals surface area contributed by atoms with Crippen molar-refractivity contribution in [2.24, 2.45) is 0 Å². The van der Waals surface area contributed by atoms with Gasteiger partial charge in [-0.2, -0.15) is 13.2 Å². The molecule has 0 saturated heterocycles. The Balaban J connectivity index is 1.87. The molecule has 136 valence electrons. The SMILES string of the molecule is [2H]C([2H])(CN[C@]([2H])(C)c1cccc2ccccc12)C([2H])([2H])c1cccc(C(F)(F)F)c1. The molecule has 0 unspecified atom stereocenters. The molecule has 1 N–H and O–H groups in total. The van der Waals surface area contributed by atoms with Gasteiger partial charge in [0.1, 0.15) is 0 Å². The first kappa shape index (κ1) is 12.9. The summed E-state index contributed by atoms with van der Waals surface area (Å²) in [6.45, 7) is 0.949. The smallest absolute Gasteiger partial charge is 0.310 e. The summed E-state index contributed by atoms with van der Waals surface area (Å²) in [6, 6.07) is 15.0. The average Bonchev–Trinajstić information content (AvgIpc) is 2.71. The van der Waals surface area contributed by atoms with Crippen LogP contribution in [0.3, 0.4) is 0 Å². The second kappa shape index (κ2) is 7.92. The van der Waals surface area contributed by atoms with E-state index >= 15 is 0 Å². The lowest BCUT2D eigenvalue weighted by atomic mass is 9.99. The molecule has 0 saturated carbocycles. The highest BCUT2D eigenvalue weighted by Crippen LogP contribution is 2.29. The van der Waals surface area contributed by atoms with E-state index in [1.54, 1.807) is 12.1 Å². The Morgan fingerprint density at radius 2 is 1.77 bits per heavy atom. The fourth-order valence-electron chi connectivity index (χ4n) is 2.74. The number of aryl methyl sites for hydroxylation is 1. The molecule has 26 heavy (non-hydrogen) atoms. The highest BCUT2D eigenvalue weighted by molar-refractivity contribution is 5.86. The average molecular weight is 362 g/mol. The van der Waals surface area contributed by atoms with Crippen LogP contribution in [0, 0.1) is 0 Å². The highest BCUT2D eigenvalue weighted by Gasteiger charge is 2.30. The van der Waals surface area contributed by atoms with Crippen molar-refractivity contribution in [3.63, 3.8) is 0 Å². The molecule has 0 spiro atoms. The van der Waals surface area contributed by atoms with Crippen molar-refractivity contribution in [2.75, 3.05) is 6.54 Å². The monoisotopic (exact) mass is 362 g/mol. The summed E-state index contributed by atoms with van der Waals surface area (Å²) in [5.41, 5.74) is -0.870. The van der Waals surface area contributed by atoms with Crippen LogP contribution < -0.4 is 5.32 Å². The molecule has 3 aromatic rings. The predicted molar refractivity (Wildman–Crippen MR) is 100 cm³/mol. The molecule has 4 heteroatoms. The van der Waals surface area contributed by atoms with Gasteiger partial charge >= 0.3 is 6.18 Å². The highest BCUT2D eigenvalue weighted by atomic mass is 19.4. The molecule has 3 rings (SSSR count). The van der Waals surface area contributed by atoms with Crippen molar-refractivity contribution in [3.8, 4) is 0 Å². The molecular formula is C22H22F3N. The molecule has 0 amide bonds. The van der Waals surface area contributed by atoms with E-state index in [-0.39, 0.29) is 0 Å². The summed E-state index contributed by atoms with van der Waals surface area (Å²) in [5.74, 6) is 0. The van der Waals surface area contributed by atoms with Crippen LogP contribution in [-0.4, -0.2) is 6.54 Å². The molecule has 1 atom stereocenters. The van der Waals surface area contributed by atoms with Gasteiger partial charge < -0.3 is 5.32 Å². The standard InChI is InChI=1S/C22H22F3N/c1-16(20-13-5-10-18-9-2-3-12-21(18)20)26-14-6-8-17-7-4-11-19(15-17)22(23,24)25/h2-5,7,9-13,15-16,26H,6,8,14H2,1H3/t16-/m1/s1/i6D2,8D2,16D. The van der Waals surface area contributed by atoms with Crippen LogP contribution >= 0.6 is 0 Å². The van der Waals surface area contributed by atoms with Crippen molar-refractivity contribution in [1.82, 2.24) is 5.32 Å². The topological polar surface area (TPSA) is 12.0 Å². The van der Waals surface area contributed by atoms with E-state index in [9.17, 15) is 13.2 Å². The third kappa shape index (κ3) is 4.44. The lowest BCUT2D eigenvalue weighted by molar-refractivity contribution is -0.137. The van der Waals surface area contributed by atoms with Gasteiger partial charge in [-0.15, -0.1) is 0 Å². The lowest BCUT2D eigenvalue weighted by Gasteiger charge is -2.17. The van der Waals surface area contributed by atoms with Gasteiger partial charge in [-0.3, -0.25) is 0 Å². The minimum absolute atomic E-state index is 0.411. The Bertz CT molecular complexity index is 1070. The number of fused-ring (bicyclic) bond motifs is 1. The summed E-state index contributed by atoms with van der Waals surface area (Å²) in [4.78, 5) is 0. The number of hydrogen-bond acceptors (Lipinski definition) is 1. The van der Waals surface area contributed by atoms with E-state index in [0.29, 0.717) is 11.6 Å². The molecule has 0 fully saturated rings. The van der Waals surface area contributed by atoms with Gasteiger partial charge in [0, 0.05) is 11.5 Å². The van der Waals surface area contributed by atoms with Crippen molar-refractivity contribution >= 4 is 10.8 Å². The fourth-order valence-corrected chi connectivity index (χ4v) is 2.74. The largest absolute Gasteiger partial charge is 0.416 e. The Morgan fingerprint density at radius 1 is 1.04 bits per heavy atom. The minimum atomic E-state index is -4.66. The van der Waals surface area contributed by atoms with Crippen LogP contribution in [0.1, 0.15) is 42.9 Å². The molecule has 0 radical (unpaired) electrons. The van der Waals surface area contributed by atoms with Gasteiger partial charge in [-0.25, -0.2) is 0 Å². The molecular weight excluding hydrogens is 335 g/mol. The first-order chi connectivity index (χ1) is 14.3. The molecule has 0 aliphatic heterocycles. The Kier molecular flexibility index (Phi) is 3.94. The summed E-state index contributed by atoms with van der Waals surface area (Å²) in [6.07, 6.45) is -9.98. The predicted octanol–water partition coefficient (Wildman–Crippen LogP) is 6.14. The number of alkyl halides is 3. The van der Waals surface area contributed by atoms with E-state index in [1.165, 1.54) is 6.92 Å². The van der Waals surface area contributed by atoms with Gasteiger partial charge in [0.2, 0.25) is 0 Å². The van der Waals surface area contributed by atoms with Crippen molar-refractivity contribution in [3.05, 3.63) is 83.4 Å². The van der Waals surface area contributed by atoms with Crippen molar-refractivity contribution in [1.29, 1.82) is 0 Å². The lowest BCUT2D eigenvalue weighted by Crippen LogP contribution is -2.20. The third-order valence-corrected chi connectivity index (χ3v) is 4.06. The van der Waals surface area contributed by atoms with Crippen LogP contribution in [0.25, 0.3) is 10.8 Å². The summed E-state index contributed by atoms with van der Waals surface area (Å²) >= 11 is 0. The second-order valence-electron chi connectivity index (χ2n) is 5.89. The fraction of sp³-hybridized carbons (Fsp3) is 0.273. The van der Waals surface area contributed by atoms with Gasteiger partial charge in [0.15, 0.2) is 0 Å². The maximum absolute atomic E-state index is 13.0. The second-order valence-corrected chi connectivity index (χ2v) is 5.89. The van der Waals surface area contributed by atoms with Crippen molar-refractivity contribution in [2.45, 2.75) is 31.9 Å². The van der Waals surface area contributed by atoms with E-state index in [1.807, 2.05) is 30.3 Å². The van der Waals surface area contributed by atoms with Crippen LogP contribution in [-0.2, 0) is 12.5 Å². The maximum atomic E-state index is 13.0. The van der Waals surface area contributed by atoms with Crippen LogP contribution in [0.5, 0.6) is 0 Å². The Hall–Kier alpha value is -2.33. The summed E-state index contributed by atoms with van der Waals surface area (Å²) in [5, 5.41) is 4.47. The molecule has 0 bridgehead atoms. The zero-order chi connectivity index (χ0) is 23.1. The molecule has 0 aliphatic carbocycles. The first-order valence-electron chi connectivity index (χ1n) is 10.7. The van der Waals surface area contributed by atoms with Crippen molar-refractivity contribution < 1.29 is 20.0 Å². The number of nitrogens with one attached hydrogen (secondary N) is 1. The van der Waals surface area contributed by atoms with Crippen LogP contribution in [0.15, 0.2) is 66.7 Å². The molecule has 0 heterocycles. The third-order valence-electron chi connectivity index (χ3n) is 4.06. The van der Waals surface area contributed by atoms with E-state index in [2.05, 4.69) is 5.32 Å². The Labute approximate surface area is 158 Å². The van der Waals surface area contributed by atoms with Gasteiger partial charge in [0.25, 0.3) is 0 Å². The Morgan fingerprint density at radius 3 is 2.58 bits per heavy atom. The summed E-state index contributed by atoms with van der Waals surface area (Å²) < 4.78 is 80.8. The number of rotatable bonds is 6.